The summed E-state index contributed by atoms with van der Waals surface area (Å²) in [6.07, 6.45) is 0. The first-order chi connectivity index (χ1) is 8.35. The molecule has 1 aromatic heterocycles. The minimum atomic E-state index is 0.644. The van der Waals surface area contributed by atoms with Crippen LogP contribution in [0.4, 0.5) is 0 Å². The molecule has 0 aliphatic rings. The average Bonchev–Trinajstić information content (AvgIpc) is 2.85. The van der Waals surface area contributed by atoms with Crippen LogP contribution in [0.2, 0.25) is 0 Å². The van der Waals surface area contributed by atoms with Gasteiger partial charge in [-0.2, -0.15) is 0 Å². The van der Waals surface area contributed by atoms with E-state index in [1.165, 1.54) is 0 Å². The molecule has 0 aliphatic carbocycles. The predicted molar refractivity (Wildman–Crippen MR) is 69.9 cm³/mol. The van der Waals surface area contributed by atoms with Crippen molar-refractivity contribution >= 4 is 11.3 Å². The number of nitrogens with zero attached hydrogens (tertiary/aromatic N) is 1. The van der Waals surface area contributed by atoms with Crippen LogP contribution in [0.5, 0.6) is 11.5 Å². The van der Waals surface area contributed by atoms with Crippen LogP contribution in [0.3, 0.4) is 0 Å². The summed E-state index contributed by atoms with van der Waals surface area (Å²) in [7, 11) is 0. The Morgan fingerprint density at radius 1 is 1.18 bits per heavy atom. The van der Waals surface area contributed by atoms with Gasteiger partial charge in [-0.25, -0.2) is 4.98 Å². The second-order valence-electron chi connectivity index (χ2n) is 3.40. The highest BCUT2D eigenvalue weighted by Gasteiger charge is 2.09. The smallest absolute Gasteiger partial charge is 0.128 e. The lowest BCUT2D eigenvalue weighted by Gasteiger charge is -2.10. The lowest BCUT2D eigenvalue weighted by Crippen LogP contribution is -1.96. The Hall–Kier alpha value is -1.55. The molecule has 90 valence electrons. The van der Waals surface area contributed by atoms with Gasteiger partial charge in [0.1, 0.15) is 11.5 Å². The van der Waals surface area contributed by atoms with Crippen molar-refractivity contribution in [2.24, 2.45) is 0 Å². The molecule has 0 atom stereocenters. The normalized spacial score (nSPS) is 10.2. The second-order valence-corrected chi connectivity index (χ2v) is 4.12. The molecule has 1 heterocycles. The van der Waals surface area contributed by atoms with Gasteiger partial charge in [0.15, 0.2) is 0 Å². The maximum Gasteiger partial charge on any atom is 0.128 e. The van der Waals surface area contributed by atoms with E-state index < -0.39 is 0 Å². The third-order valence-corrected chi connectivity index (χ3v) is 2.86. The van der Waals surface area contributed by atoms with Crippen molar-refractivity contribution in [2.45, 2.75) is 13.8 Å². The van der Waals surface area contributed by atoms with E-state index in [0.717, 1.165) is 22.8 Å². The zero-order valence-corrected chi connectivity index (χ0v) is 10.8. The minimum absolute atomic E-state index is 0.644. The Morgan fingerprint density at radius 3 is 2.65 bits per heavy atom. The van der Waals surface area contributed by atoms with Gasteiger partial charge in [-0.3, -0.25) is 0 Å². The van der Waals surface area contributed by atoms with E-state index in [9.17, 15) is 0 Å². The minimum Gasteiger partial charge on any atom is -0.494 e. The van der Waals surface area contributed by atoms with Crippen molar-refractivity contribution < 1.29 is 9.47 Å². The molecule has 0 spiro atoms. The Kier molecular flexibility index (Phi) is 3.98. The summed E-state index contributed by atoms with van der Waals surface area (Å²) in [5.74, 6) is 1.70. The molecule has 1 aromatic carbocycles. The first-order valence-electron chi connectivity index (χ1n) is 5.63. The maximum atomic E-state index is 5.60. The quantitative estimate of drug-likeness (QED) is 0.811. The highest BCUT2D eigenvalue weighted by atomic mass is 32.1. The van der Waals surface area contributed by atoms with Gasteiger partial charge in [0.05, 0.1) is 24.4 Å². The van der Waals surface area contributed by atoms with Crippen molar-refractivity contribution in [3.05, 3.63) is 29.1 Å². The molecule has 0 saturated heterocycles. The van der Waals surface area contributed by atoms with E-state index in [1.54, 1.807) is 11.3 Å². The predicted octanol–water partition coefficient (Wildman–Crippen LogP) is 3.61. The molecule has 0 bridgehead atoms. The fourth-order valence-electron chi connectivity index (χ4n) is 1.59. The first kappa shape index (κ1) is 11.9. The molecule has 0 saturated carbocycles. The third-order valence-electron chi connectivity index (χ3n) is 2.27. The summed E-state index contributed by atoms with van der Waals surface area (Å²) >= 11 is 1.57. The highest BCUT2D eigenvalue weighted by Crippen LogP contribution is 2.33. The summed E-state index contributed by atoms with van der Waals surface area (Å²) in [4.78, 5) is 4.31. The van der Waals surface area contributed by atoms with Crippen LogP contribution < -0.4 is 9.47 Å². The number of rotatable bonds is 5. The van der Waals surface area contributed by atoms with Gasteiger partial charge < -0.3 is 9.47 Å². The van der Waals surface area contributed by atoms with E-state index in [-0.39, 0.29) is 0 Å². The van der Waals surface area contributed by atoms with Crippen LogP contribution in [0.15, 0.2) is 29.1 Å². The van der Waals surface area contributed by atoms with E-state index in [1.807, 2.05) is 42.9 Å². The molecule has 0 radical (unpaired) electrons. The van der Waals surface area contributed by atoms with E-state index in [2.05, 4.69) is 4.98 Å². The van der Waals surface area contributed by atoms with Crippen LogP contribution in [-0.2, 0) is 0 Å². The molecule has 2 rings (SSSR count). The third kappa shape index (κ3) is 2.77. The number of thiazole rings is 1. The number of aromatic nitrogens is 1. The number of hydrogen-bond acceptors (Lipinski definition) is 4. The van der Waals surface area contributed by atoms with Gasteiger partial charge in [-0.1, -0.05) is 0 Å². The molecule has 0 aliphatic heterocycles. The first-order valence-corrected chi connectivity index (χ1v) is 6.57. The summed E-state index contributed by atoms with van der Waals surface area (Å²) in [6, 6.07) is 5.83. The summed E-state index contributed by atoms with van der Waals surface area (Å²) in [5, 5.41) is 2.01. The Labute approximate surface area is 105 Å². The largest absolute Gasteiger partial charge is 0.494 e. The SMILES string of the molecule is CCOc1ccc(OCC)c(-c2cscn2)c1. The molecular weight excluding hydrogens is 234 g/mol. The van der Waals surface area contributed by atoms with Gasteiger partial charge in [0.2, 0.25) is 0 Å². The number of ether oxygens (including phenoxy) is 2. The summed E-state index contributed by atoms with van der Waals surface area (Å²) < 4.78 is 11.1. The molecule has 0 amide bonds. The maximum absolute atomic E-state index is 5.60. The van der Waals surface area contributed by atoms with Gasteiger partial charge in [0.25, 0.3) is 0 Å². The van der Waals surface area contributed by atoms with Crippen LogP contribution in [-0.4, -0.2) is 18.2 Å². The Morgan fingerprint density at radius 2 is 2.00 bits per heavy atom. The van der Waals surface area contributed by atoms with Gasteiger partial charge >= 0.3 is 0 Å². The number of hydrogen-bond donors (Lipinski definition) is 0. The number of benzene rings is 1. The monoisotopic (exact) mass is 249 g/mol. The van der Waals surface area contributed by atoms with Crippen molar-refractivity contribution in [3.63, 3.8) is 0 Å². The topological polar surface area (TPSA) is 31.4 Å². The Balaban J connectivity index is 2.40. The van der Waals surface area contributed by atoms with Crippen molar-refractivity contribution in [3.8, 4) is 22.8 Å². The molecule has 4 heteroatoms. The lowest BCUT2D eigenvalue weighted by molar-refractivity contribution is 0.331. The van der Waals surface area contributed by atoms with Crippen LogP contribution in [0.1, 0.15) is 13.8 Å². The van der Waals surface area contributed by atoms with Crippen molar-refractivity contribution in [2.75, 3.05) is 13.2 Å². The van der Waals surface area contributed by atoms with E-state index in [0.29, 0.717) is 13.2 Å². The molecule has 0 fully saturated rings. The van der Waals surface area contributed by atoms with Gasteiger partial charge in [0, 0.05) is 10.9 Å². The van der Waals surface area contributed by atoms with Gasteiger partial charge in [-0.15, -0.1) is 11.3 Å². The highest BCUT2D eigenvalue weighted by molar-refractivity contribution is 7.07. The summed E-state index contributed by atoms with van der Waals surface area (Å²) in [6.45, 7) is 5.25. The molecule has 3 nitrogen and oxygen atoms in total. The zero-order valence-electron chi connectivity index (χ0n) is 9.97. The second kappa shape index (κ2) is 5.68. The molecular formula is C13H15NO2S. The van der Waals surface area contributed by atoms with Crippen molar-refractivity contribution in [1.82, 2.24) is 4.98 Å². The standard InChI is InChI=1S/C13H15NO2S/c1-3-15-10-5-6-13(16-4-2)11(7-10)12-8-17-9-14-12/h5-9H,3-4H2,1-2H3. The fraction of sp³-hybridized carbons (Fsp3) is 0.308. The summed E-state index contributed by atoms with van der Waals surface area (Å²) in [5.41, 5.74) is 3.73. The molecule has 0 N–H and O–H groups in total. The van der Waals surface area contributed by atoms with Crippen molar-refractivity contribution in [1.29, 1.82) is 0 Å². The van der Waals surface area contributed by atoms with E-state index >= 15 is 0 Å². The van der Waals surface area contributed by atoms with Crippen LogP contribution >= 0.6 is 11.3 Å². The van der Waals surface area contributed by atoms with Gasteiger partial charge in [-0.05, 0) is 32.0 Å². The molecule has 2 aromatic rings. The molecule has 0 unspecified atom stereocenters. The average molecular weight is 249 g/mol. The molecule has 17 heavy (non-hydrogen) atoms. The Bertz CT molecular complexity index is 468. The zero-order chi connectivity index (χ0) is 12.1. The van der Waals surface area contributed by atoms with E-state index in [4.69, 9.17) is 9.47 Å². The van der Waals surface area contributed by atoms with Crippen LogP contribution in [0.25, 0.3) is 11.3 Å². The lowest BCUT2D eigenvalue weighted by atomic mass is 10.1. The fourth-order valence-corrected chi connectivity index (χ4v) is 2.14. The van der Waals surface area contributed by atoms with Crippen LogP contribution in [0, 0.1) is 0 Å².